The van der Waals surface area contributed by atoms with Gasteiger partial charge in [0.05, 0.1) is 11.2 Å². The second-order valence-corrected chi connectivity index (χ2v) is 10.4. The van der Waals surface area contributed by atoms with E-state index in [9.17, 15) is 14.4 Å². The topological polar surface area (TPSA) is 121 Å². The summed E-state index contributed by atoms with van der Waals surface area (Å²) in [7, 11) is 0. The van der Waals surface area contributed by atoms with Gasteiger partial charge in [-0.1, -0.05) is 36.4 Å². The largest absolute Gasteiger partial charge is 0.444 e. The van der Waals surface area contributed by atoms with Crippen molar-refractivity contribution in [3.63, 3.8) is 0 Å². The van der Waals surface area contributed by atoms with E-state index in [1.54, 1.807) is 23.6 Å². The molecule has 10 heteroatoms. The maximum atomic E-state index is 13.7. The second kappa shape index (κ2) is 11.0. The number of aromatic amines is 1. The van der Waals surface area contributed by atoms with Gasteiger partial charge in [-0.25, -0.2) is 4.79 Å². The first-order valence-corrected chi connectivity index (χ1v) is 12.7. The van der Waals surface area contributed by atoms with Gasteiger partial charge in [0.15, 0.2) is 0 Å². The molecule has 4 N–H and O–H groups in total. The molecule has 0 radical (unpaired) electrons. The van der Waals surface area contributed by atoms with Gasteiger partial charge in [0.25, 0.3) is 0 Å². The van der Waals surface area contributed by atoms with E-state index in [1.807, 2.05) is 54.7 Å². The summed E-state index contributed by atoms with van der Waals surface area (Å²) >= 11 is 0. The van der Waals surface area contributed by atoms with E-state index in [1.165, 1.54) is 0 Å². The Morgan fingerprint density at radius 1 is 1.13 bits per heavy atom. The zero-order chi connectivity index (χ0) is 26.2. The first-order valence-electron chi connectivity index (χ1n) is 12.7. The summed E-state index contributed by atoms with van der Waals surface area (Å²) in [6.07, 6.45) is 3.11. The van der Waals surface area contributed by atoms with Crippen LogP contribution in [0.3, 0.4) is 0 Å². The van der Waals surface area contributed by atoms with Crippen LogP contribution in [0, 0.1) is 0 Å². The smallest absolute Gasteiger partial charge is 0.414 e. The molecule has 2 aliphatic heterocycles. The van der Waals surface area contributed by atoms with Crippen LogP contribution in [-0.4, -0.2) is 58.5 Å². The summed E-state index contributed by atoms with van der Waals surface area (Å²) in [6, 6.07) is 14.8. The van der Waals surface area contributed by atoms with E-state index in [4.69, 9.17) is 10.5 Å². The number of carbonyl (C=O) groups is 3. The van der Waals surface area contributed by atoms with E-state index < -0.39 is 11.6 Å². The fraction of sp³-hybridized carbons (Fsp3) is 0.393. The Kier molecular flexibility index (Phi) is 7.99. The lowest BCUT2D eigenvalue weighted by Gasteiger charge is -2.41. The molecule has 1 aromatic heterocycles. The number of piperidine rings is 1. The number of hydrogen-bond acceptors (Lipinski definition) is 5. The molecule has 3 aromatic rings. The number of likely N-dealkylation sites (tertiary alicyclic amines) is 1. The van der Waals surface area contributed by atoms with E-state index in [-0.39, 0.29) is 43.0 Å². The number of nitrogens with zero attached hydrogens (tertiary/aromatic N) is 2. The number of benzene rings is 2. The Balaban J connectivity index is 0.00000336. The Bertz CT molecular complexity index is 1330. The normalized spacial score (nSPS) is 16.9. The van der Waals surface area contributed by atoms with Crippen LogP contribution in [0.1, 0.15) is 37.8 Å². The van der Waals surface area contributed by atoms with Gasteiger partial charge in [-0.05, 0) is 44.4 Å². The van der Waals surface area contributed by atoms with Gasteiger partial charge in [0, 0.05) is 48.2 Å². The van der Waals surface area contributed by atoms with Crippen molar-refractivity contribution in [2.45, 2.75) is 57.3 Å². The Hall–Kier alpha value is -3.56. The van der Waals surface area contributed by atoms with Crippen LogP contribution in [0.2, 0.25) is 0 Å². The molecular weight excluding hydrogens is 506 g/mol. The van der Waals surface area contributed by atoms with Crippen molar-refractivity contribution in [3.8, 4) is 0 Å². The number of hydrogen-bond donors (Lipinski definition) is 3. The van der Waals surface area contributed by atoms with E-state index in [0.717, 1.165) is 27.7 Å². The lowest BCUT2D eigenvalue weighted by atomic mass is 9.98. The predicted octanol–water partition coefficient (Wildman–Crippen LogP) is 3.50. The second-order valence-electron chi connectivity index (χ2n) is 10.4. The van der Waals surface area contributed by atoms with Gasteiger partial charge in [0.2, 0.25) is 11.8 Å². The Labute approximate surface area is 228 Å². The summed E-state index contributed by atoms with van der Waals surface area (Å²) in [5, 5.41) is 3.91. The van der Waals surface area contributed by atoms with Gasteiger partial charge in [-0.15, -0.1) is 12.4 Å². The number of H-pyrrole nitrogens is 1. The number of cyclic esters (lactones) is 1. The number of nitrogens with one attached hydrogen (secondary N) is 2. The van der Waals surface area contributed by atoms with Crippen molar-refractivity contribution in [2.24, 2.45) is 5.73 Å². The average molecular weight is 540 g/mol. The number of anilines is 1. The maximum absolute atomic E-state index is 13.7. The Morgan fingerprint density at radius 2 is 1.82 bits per heavy atom. The van der Waals surface area contributed by atoms with Gasteiger partial charge in [0.1, 0.15) is 12.6 Å². The quantitative estimate of drug-likeness (QED) is 0.443. The lowest BCUT2D eigenvalue weighted by molar-refractivity contribution is -0.138. The highest BCUT2D eigenvalue weighted by Gasteiger charge is 2.37. The molecule has 38 heavy (non-hydrogen) atoms. The summed E-state index contributed by atoms with van der Waals surface area (Å²) < 4.78 is 5.40. The third-order valence-corrected chi connectivity index (χ3v) is 7.23. The molecule has 5 rings (SSSR count). The van der Waals surface area contributed by atoms with Crippen molar-refractivity contribution in [2.75, 3.05) is 18.0 Å². The van der Waals surface area contributed by atoms with E-state index in [2.05, 4.69) is 10.3 Å². The molecule has 9 nitrogen and oxygen atoms in total. The van der Waals surface area contributed by atoms with Crippen LogP contribution in [0.4, 0.5) is 10.5 Å². The molecule has 3 amide bonds. The van der Waals surface area contributed by atoms with Crippen LogP contribution in [-0.2, 0) is 27.4 Å². The van der Waals surface area contributed by atoms with Crippen molar-refractivity contribution < 1.29 is 19.1 Å². The van der Waals surface area contributed by atoms with Gasteiger partial charge < -0.3 is 25.7 Å². The molecular formula is C28H34ClN5O4. The van der Waals surface area contributed by atoms with Crippen LogP contribution >= 0.6 is 12.4 Å². The van der Waals surface area contributed by atoms with Crippen molar-refractivity contribution in [3.05, 3.63) is 65.9 Å². The van der Waals surface area contributed by atoms with E-state index >= 15 is 0 Å². The number of ether oxygens (including phenoxy) is 1. The number of rotatable bonds is 6. The molecule has 1 saturated heterocycles. The monoisotopic (exact) mass is 539 g/mol. The number of para-hydroxylation sites is 2. The van der Waals surface area contributed by atoms with Crippen molar-refractivity contribution >= 4 is 46.9 Å². The SMILES string of the molecule is CC(C)(N)C(=O)N[C@H](Cc1c[nH]c2ccccc12)C(=O)N1CCC(N2C(=O)OCc3ccccc32)CC1.Cl. The zero-order valence-corrected chi connectivity index (χ0v) is 22.4. The molecule has 0 bridgehead atoms. The highest BCUT2D eigenvalue weighted by atomic mass is 35.5. The predicted molar refractivity (Wildman–Crippen MR) is 148 cm³/mol. The van der Waals surface area contributed by atoms with Crippen molar-refractivity contribution in [1.29, 1.82) is 0 Å². The number of aromatic nitrogens is 1. The molecule has 0 unspecified atom stereocenters. The highest BCUT2D eigenvalue weighted by Crippen LogP contribution is 2.32. The number of halogens is 1. The van der Waals surface area contributed by atoms with Crippen LogP contribution in [0.25, 0.3) is 10.9 Å². The minimum atomic E-state index is -1.12. The fourth-order valence-corrected chi connectivity index (χ4v) is 5.15. The number of carbonyl (C=O) groups excluding carboxylic acids is 3. The fourth-order valence-electron chi connectivity index (χ4n) is 5.15. The van der Waals surface area contributed by atoms with Gasteiger partial charge in [-0.2, -0.15) is 0 Å². The molecule has 1 fully saturated rings. The van der Waals surface area contributed by atoms with E-state index in [0.29, 0.717) is 32.4 Å². The van der Waals surface area contributed by atoms with Crippen molar-refractivity contribution in [1.82, 2.24) is 15.2 Å². The molecule has 2 aromatic carbocycles. The molecule has 202 valence electrons. The third-order valence-electron chi connectivity index (χ3n) is 7.23. The van der Waals surface area contributed by atoms with Crippen LogP contribution in [0.5, 0.6) is 0 Å². The standard InChI is InChI=1S/C28H33N5O4.ClH/c1-28(2,29)26(35)31-23(15-19-16-30-22-9-5-4-8-21(19)22)25(34)32-13-11-20(12-14-32)33-24-10-6-3-7-18(24)17-37-27(33)36;/h3-10,16,20,23,30H,11-15,17,29H2,1-2H3,(H,31,35);1H/t23-;/m1./s1. The van der Waals surface area contributed by atoms with Crippen LogP contribution in [0.15, 0.2) is 54.7 Å². The first kappa shape index (κ1) is 27.5. The molecule has 0 spiro atoms. The van der Waals surface area contributed by atoms with Gasteiger partial charge in [-0.3, -0.25) is 14.5 Å². The zero-order valence-electron chi connectivity index (χ0n) is 21.6. The maximum Gasteiger partial charge on any atom is 0.414 e. The molecule has 1 atom stereocenters. The lowest BCUT2D eigenvalue weighted by Crippen LogP contribution is -2.58. The Morgan fingerprint density at radius 3 is 2.55 bits per heavy atom. The molecule has 0 saturated carbocycles. The number of fused-ring (bicyclic) bond motifs is 2. The minimum Gasteiger partial charge on any atom is -0.444 e. The van der Waals surface area contributed by atoms with Gasteiger partial charge >= 0.3 is 6.09 Å². The summed E-state index contributed by atoms with van der Waals surface area (Å²) in [6.45, 7) is 4.46. The summed E-state index contributed by atoms with van der Waals surface area (Å²) in [5.74, 6) is -0.531. The highest BCUT2D eigenvalue weighted by molar-refractivity contribution is 5.93. The van der Waals surface area contributed by atoms with Crippen LogP contribution < -0.4 is 16.0 Å². The molecule has 3 heterocycles. The number of amides is 3. The number of nitrogens with two attached hydrogens (primary N) is 1. The first-order chi connectivity index (χ1) is 17.7. The average Bonchev–Trinajstić information content (AvgIpc) is 3.30. The molecule has 0 aliphatic carbocycles. The third kappa shape index (κ3) is 5.49. The summed E-state index contributed by atoms with van der Waals surface area (Å²) in [4.78, 5) is 45.9. The molecule has 2 aliphatic rings. The minimum absolute atomic E-state index is 0. The summed E-state index contributed by atoms with van der Waals surface area (Å²) in [5.41, 5.74) is 8.69.